The summed E-state index contributed by atoms with van der Waals surface area (Å²) in [6.45, 7) is 10.6. The van der Waals surface area contributed by atoms with E-state index in [0.717, 1.165) is 64.3 Å². The Kier molecular flexibility index (Phi) is 9.00. The van der Waals surface area contributed by atoms with Gasteiger partial charge in [0, 0.05) is 51.4 Å². The van der Waals surface area contributed by atoms with Crippen molar-refractivity contribution in [2.24, 2.45) is 0 Å². The molecule has 1 aliphatic rings. The van der Waals surface area contributed by atoms with Gasteiger partial charge in [-0.05, 0) is 44.1 Å². The van der Waals surface area contributed by atoms with E-state index in [0.29, 0.717) is 12.1 Å². The maximum absolute atomic E-state index is 11.0. The molecule has 0 saturated carbocycles. The van der Waals surface area contributed by atoms with E-state index in [-0.39, 0.29) is 5.54 Å². The molecule has 0 aromatic heterocycles. The molecule has 0 radical (unpaired) electrons. The van der Waals surface area contributed by atoms with E-state index in [4.69, 9.17) is 5.11 Å². The van der Waals surface area contributed by atoms with Crippen molar-refractivity contribution in [3.05, 3.63) is 35.4 Å². The summed E-state index contributed by atoms with van der Waals surface area (Å²) in [5.74, 6) is -0.891. The van der Waals surface area contributed by atoms with Crippen LogP contribution in [0.5, 0.6) is 0 Å². The lowest BCUT2D eigenvalue weighted by Crippen LogP contribution is -2.57. The molecule has 0 atom stereocenters. The van der Waals surface area contributed by atoms with Crippen LogP contribution in [0.25, 0.3) is 0 Å². The maximum Gasteiger partial charge on any atom is 0.335 e. The van der Waals surface area contributed by atoms with Crippen LogP contribution in [0.2, 0.25) is 0 Å². The first-order chi connectivity index (χ1) is 12.6. The molecule has 146 valence electrons. The van der Waals surface area contributed by atoms with Crippen molar-refractivity contribution < 1.29 is 9.90 Å². The van der Waals surface area contributed by atoms with Gasteiger partial charge in [0.05, 0.1) is 5.56 Å². The molecule has 0 bridgehead atoms. The Morgan fingerprint density at radius 1 is 0.962 bits per heavy atom. The van der Waals surface area contributed by atoms with Crippen LogP contribution in [0.15, 0.2) is 24.3 Å². The van der Waals surface area contributed by atoms with Crippen molar-refractivity contribution in [3.63, 3.8) is 0 Å². The monoisotopic (exact) mass is 363 g/mol. The summed E-state index contributed by atoms with van der Waals surface area (Å²) in [6.07, 6.45) is 1.15. The molecule has 0 spiro atoms. The molecule has 1 aliphatic heterocycles. The second kappa shape index (κ2) is 11.3. The van der Waals surface area contributed by atoms with Crippen LogP contribution in [0, 0.1) is 0 Å². The predicted molar refractivity (Wildman–Crippen MR) is 105 cm³/mol. The number of nitrogens with one attached hydrogen (secondary N) is 5. The average Bonchev–Trinajstić information content (AvgIpc) is 2.64. The summed E-state index contributed by atoms with van der Waals surface area (Å²) in [5, 5.41) is 26.6. The first-order valence-electron chi connectivity index (χ1n) is 9.49. The molecule has 1 aromatic rings. The number of hydrogen-bond acceptors (Lipinski definition) is 6. The molecule has 7 nitrogen and oxygen atoms in total. The highest BCUT2D eigenvalue weighted by Gasteiger charge is 2.22. The number of carboxylic acids is 1. The lowest BCUT2D eigenvalue weighted by Gasteiger charge is -2.32. The second-order valence-corrected chi connectivity index (χ2v) is 7.12. The molecule has 1 saturated heterocycles. The average molecular weight is 364 g/mol. The highest BCUT2D eigenvalue weighted by atomic mass is 16.4. The van der Waals surface area contributed by atoms with Crippen LogP contribution >= 0.6 is 0 Å². The van der Waals surface area contributed by atoms with Crippen molar-refractivity contribution in [1.82, 2.24) is 26.6 Å². The summed E-state index contributed by atoms with van der Waals surface area (Å²) >= 11 is 0. The lowest BCUT2D eigenvalue weighted by molar-refractivity contribution is 0.0697. The van der Waals surface area contributed by atoms with Crippen LogP contribution in [0.3, 0.4) is 0 Å². The van der Waals surface area contributed by atoms with Gasteiger partial charge in [0.25, 0.3) is 0 Å². The van der Waals surface area contributed by atoms with E-state index in [1.54, 1.807) is 12.1 Å². The molecular formula is C19H33N5O2. The van der Waals surface area contributed by atoms with Gasteiger partial charge < -0.3 is 31.7 Å². The Balaban J connectivity index is 1.87. The topological polar surface area (TPSA) is 97.5 Å². The van der Waals surface area contributed by atoms with Crippen LogP contribution < -0.4 is 26.6 Å². The van der Waals surface area contributed by atoms with Gasteiger partial charge in [-0.2, -0.15) is 0 Å². The van der Waals surface area contributed by atoms with E-state index in [1.807, 2.05) is 12.1 Å². The minimum atomic E-state index is -0.891. The third-order valence-corrected chi connectivity index (χ3v) is 4.61. The molecule has 0 amide bonds. The molecule has 1 fully saturated rings. The molecule has 0 unspecified atom stereocenters. The third-order valence-electron chi connectivity index (χ3n) is 4.61. The summed E-state index contributed by atoms with van der Waals surface area (Å²) in [4.78, 5) is 11.0. The van der Waals surface area contributed by atoms with E-state index >= 15 is 0 Å². The van der Waals surface area contributed by atoms with Crippen molar-refractivity contribution >= 4 is 5.97 Å². The van der Waals surface area contributed by atoms with Gasteiger partial charge in [0.1, 0.15) is 0 Å². The summed E-state index contributed by atoms with van der Waals surface area (Å²) in [6, 6.07) is 7.06. The van der Waals surface area contributed by atoms with Crippen molar-refractivity contribution in [2.75, 3.05) is 52.4 Å². The standard InChI is InChI=1S/C19H33N5O2/c1-19(24-13-16-3-5-17(6-4-16)18(25)26)14-22-11-9-20-7-2-8-21-10-12-23-15-19/h3-6,20-24H,2,7-15H2,1H3,(H,25,26). The molecule has 1 heterocycles. The van der Waals surface area contributed by atoms with Crippen LogP contribution in [0.1, 0.15) is 29.3 Å². The smallest absolute Gasteiger partial charge is 0.335 e. The van der Waals surface area contributed by atoms with Gasteiger partial charge in [-0.1, -0.05) is 12.1 Å². The second-order valence-electron chi connectivity index (χ2n) is 7.12. The first kappa shape index (κ1) is 20.8. The largest absolute Gasteiger partial charge is 0.478 e. The molecule has 2 rings (SSSR count). The number of carbonyl (C=O) groups is 1. The number of aromatic carboxylic acids is 1. The van der Waals surface area contributed by atoms with Gasteiger partial charge in [-0.3, -0.25) is 0 Å². The number of rotatable bonds is 4. The van der Waals surface area contributed by atoms with E-state index < -0.39 is 5.97 Å². The minimum Gasteiger partial charge on any atom is -0.478 e. The number of hydrogen-bond donors (Lipinski definition) is 6. The van der Waals surface area contributed by atoms with E-state index in [2.05, 4.69) is 33.5 Å². The minimum absolute atomic E-state index is 0.0877. The van der Waals surface area contributed by atoms with Crippen LogP contribution in [-0.2, 0) is 6.54 Å². The molecule has 1 aromatic carbocycles. The Morgan fingerprint density at radius 2 is 1.50 bits per heavy atom. The SMILES string of the molecule is CC1(NCc2ccc(C(=O)O)cc2)CNCCNCCCNCCNC1. The first-order valence-corrected chi connectivity index (χ1v) is 9.49. The fourth-order valence-electron chi connectivity index (χ4n) is 2.94. The highest BCUT2D eigenvalue weighted by molar-refractivity contribution is 5.87. The van der Waals surface area contributed by atoms with E-state index in [9.17, 15) is 4.79 Å². The number of benzene rings is 1. The molecule has 7 heteroatoms. The normalized spacial score (nSPS) is 20.2. The predicted octanol–water partition coefficient (Wildman–Crippen LogP) is -0.00480. The fourth-order valence-corrected chi connectivity index (χ4v) is 2.94. The van der Waals surface area contributed by atoms with Gasteiger partial charge in [0.2, 0.25) is 0 Å². The lowest BCUT2D eigenvalue weighted by atomic mass is 10.0. The van der Waals surface area contributed by atoms with Crippen molar-refractivity contribution in [3.8, 4) is 0 Å². The van der Waals surface area contributed by atoms with Gasteiger partial charge in [-0.25, -0.2) is 4.79 Å². The number of carboxylic acid groups (broad SMARTS) is 1. The Bertz CT molecular complexity index is 521. The highest BCUT2D eigenvalue weighted by Crippen LogP contribution is 2.08. The maximum atomic E-state index is 11.0. The van der Waals surface area contributed by atoms with Gasteiger partial charge in [0.15, 0.2) is 0 Å². The van der Waals surface area contributed by atoms with Gasteiger partial charge >= 0.3 is 5.97 Å². The molecular weight excluding hydrogens is 330 g/mol. The third kappa shape index (κ3) is 7.80. The zero-order valence-corrected chi connectivity index (χ0v) is 15.7. The van der Waals surface area contributed by atoms with Crippen LogP contribution in [0.4, 0.5) is 0 Å². The van der Waals surface area contributed by atoms with Crippen molar-refractivity contribution in [1.29, 1.82) is 0 Å². The molecule has 6 N–H and O–H groups in total. The van der Waals surface area contributed by atoms with Crippen molar-refractivity contribution in [2.45, 2.75) is 25.4 Å². The van der Waals surface area contributed by atoms with Gasteiger partial charge in [-0.15, -0.1) is 0 Å². The Hall–Kier alpha value is -1.51. The summed E-state index contributed by atoms with van der Waals surface area (Å²) in [7, 11) is 0. The van der Waals surface area contributed by atoms with Crippen LogP contribution in [-0.4, -0.2) is 69.0 Å². The molecule has 26 heavy (non-hydrogen) atoms. The van der Waals surface area contributed by atoms with E-state index in [1.165, 1.54) is 0 Å². The summed E-state index contributed by atoms with van der Waals surface area (Å²) in [5.41, 5.74) is 1.32. The fraction of sp³-hybridized carbons (Fsp3) is 0.632. The Morgan fingerprint density at radius 3 is 2.04 bits per heavy atom. The quantitative estimate of drug-likeness (QED) is 0.448. The Labute approximate surface area is 156 Å². The summed E-state index contributed by atoms with van der Waals surface area (Å²) < 4.78 is 0. The zero-order valence-electron chi connectivity index (χ0n) is 15.7. The zero-order chi connectivity index (χ0) is 18.7. The molecule has 0 aliphatic carbocycles.